The average Bonchev–Trinajstić information content (AvgIpc) is 2.75. The molecule has 2 aliphatic heterocycles. The molecule has 4 unspecified atom stereocenters. The average molecular weight is 341 g/mol. The fraction of sp³-hybridized carbons (Fsp3) is 0.889. The number of fused-ring (bicyclic) bond motifs is 1. The second-order valence-corrected chi connectivity index (χ2v) is 5.60. The van der Waals surface area contributed by atoms with Crippen LogP contribution < -0.4 is 0 Å². The Labute approximate surface area is 117 Å². The van der Waals surface area contributed by atoms with Crippen LogP contribution in [0.15, 0.2) is 4.99 Å². The van der Waals surface area contributed by atoms with E-state index in [1.54, 1.807) is 0 Å². The van der Waals surface area contributed by atoms with E-state index >= 15 is 0 Å². The van der Waals surface area contributed by atoms with Crippen LogP contribution in [0.25, 0.3) is 0 Å². The first-order valence-electron chi connectivity index (χ1n) is 5.48. The molecule has 3 N–H and O–H groups in total. The molecule has 2 heterocycles. The zero-order valence-electron chi connectivity index (χ0n) is 9.89. The van der Waals surface area contributed by atoms with E-state index in [0.29, 0.717) is 0 Å². The number of nitrogens with zero attached hydrogens (tertiary/aromatic N) is 1. The van der Waals surface area contributed by atoms with Gasteiger partial charge in [0.05, 0.1) is 6.61 Å². The molecule has 12 heteroatoms. The summed E-state index contributed by atoms with van der Waals surface area (Å²) in [7, 11) is 0. The summed E-state index contributed by atoms with van der Waals surface area (Å²) < 4.78 is 80.9. The van der Waals surface area contributed by atoms with Crippen molar-refractivity contribution < 1.29 is 46.4 Å². The number of alkyl halides is 6. The first-order chi connectivity index (χ1) is 9.39. The summed E-state index contributed by atoms with van der Waals surface area (Å²) in [5, 5.41) is 26.3. The van der Waals surface area contributed by atoms with Gasteiger partial charge in [-0.05, 0) is 0 Å². The van der Waals surface area contributed by atoms with Crippen molar-refractivity contribution in [2.45, 2.75) is 41.6 Å². The lowest BCUT2D eigenvalue weighted by Gasteiger charge is -2.32. The second-order valence-electron chi connectivity index (χ2n) is 4.51. The molecule has 1 saturated heterocycles. The SMILES string of the molecule is OC1COC2SC(C(O)(C(F)(F)F)C(F)(F)F)=NC2C1O. The van der Waals surface area contributed by atoms with Crippen LogP contribution in [0, 0.1) is 0 Å². The minimum Gasteiger partial charge on any atom is -0.388 e. The molecule has 0 radical (unpaired) electrons. The van der Waals surface area contributed by atoms with Gasteiger partial charge in [-0.1, -0.05) is 11.8 Å². The number of hydrogen-bond donors (Lipinski definition) is 3. The minimum absolute atomic E-state index is 0.0723. The van der Waals surface area contributed by atoms with Gasteiger partial charge in [-0.2, -0.15) is 26.3 Å². The molecule has 0 aromatic rings. The van der Waals surface area contributed by atoms with Crippen LogP contribution in [0.5, 0.6) is 0 Å². The quantitative estimate of drug-likeness (QED) is 0.603. The van der Waals surface area contributed by atoms with Crippen molar-refractivity contribution in [3.05, 3.63) is 0 Å². The molecule has 2 rings (SSSR count). The molecule has 2 aliphatic rings. The molecule has 0 saturated carbocycles. The number of aliphatic imine (C=N–C) groups is 1. The maximum Gasteiger partial charge on any atom is 0.432 e. The molecule has 0 aromatic carbocycles. The number of aliphatic hydroxyl groups excluding tert-OH is 2. The number of halogens is 6. The van der Waals surface area contributed by atoms with Crippen molar-refractivity contribution in [1.82, 2.24) is 0 Å². The van der Waals surface area contributed by atoms with E-state index in [1.165, 1.54) is 0 Å². The van der Waals surface area contributed by atoms with Crippen LogP contribution in [-0.4, -0.2) is 68.6 Å². The van der Waals surface area contributed by atoms with Gasteiger partial charge in [0.1, 0.15) is 28.7 Å². The Kier molecular flexibility index (Phi) is 3.98. The molecule has 0 aliphatic carbocycles. The Morgan fingerprint density at radius 3 is 2.10 bits per heavy atom. The Morgan fingerprint density at radius 2 is 1.62 bits per heavy atom. The van der Waals surface area contributed by atoms with E-state index in [2.05, 4.69) is 4.99 Å². The first-order valence-corrected chi connectivity index (χ1v) is 6.36. The molecule has 0 amide bonds. The summed E-state index contributed by atoms with van der Waals surface area (Å²) in [6, 6.07) is -1.52. The van der Waals surface area contributed by atoms with Crippen LogP contribution in [-0.2, 0) is 4.74 Å². The molecular formula is C9H9F6NO4S. The fourth-order valence-corrected chi connectivity index (χ4v) is 3.19. The van der Waals surface area contributed by atoms with Gasteiger partial charge in [-0.3, -0.25) is 4.99 Å². The minimum atomic E-state index is -6.05. The summed E-state index contributed by atoms with van der Waals surface area (Å²) in [5.41, 5.74) is -6.48. The Balaban J connectivity index is 2.40. The summed E-state index contributed by atoms with van der Waals surface area (Å²) in [6.07, 6.45) is -15.3. The second kappa shape index (κ2) is 4.98. The normalized spacial score (nSPS) is 34.6. The Bertz CT molecular complexity index is 438. The topological polar surface area (TPSA) is 82.3 Å². The third-order valence-corrected chi connectivity index (χ3v) is 4.35. The highest BCUT2D eigenvalue weighted by Crippen LogP contribution is 2.50. The van der Waals surface area contributed by atoms with E-state index in [4.69, 9.17) is 4.74 Å². The van der Waals surface area contributed by atoms with Crippen molar-refractivity contribution in [3.63, 3.8) is 0 Å². The Hall–Kier alpha value is -0.560. The lowest BCUT2D eigenvalue weighted by atomic mass is 10.0. The first kappa shape index (κ1) is 16.8. The van der Waals surface area contributed by atoms with Crippen LogP contribution >= 0.6 is 11.8 Å². The molecule has 21 heavy (non-hydrogen) atoms. The number of thioether (sulfide) groups is 1. The molecule has 4 atom stereocenters. The monoisotopic (exact) mass is 341 g/mol. The largest absolute Gasteiger partial charge is 0.432 e. The lowest BCUT2D eigenvalue weighted by molar-refractivity contribution is -0.337. The van der Waals surface area contributed by atoms with Crippen molar-refractivity contribution in [1.29, 1.82) is 0 Å². The number of ether oxygens (including phenoxy) is 1. The predicted molar refractivity (Wildman–Crippen MR) is 57.6 cm³/mol. The van der Waals surface area contributed by atoms with Crippen molar-refractivity contribution in [2.24, 2.45) is 4.99 Å². The summed E-state index contributed by atoms with van der Waals surface area (Å²) in [5.74, 6) is 0. The fourth-order valence-electron chi connectivity index (χ4n) is 1.88. The van der Waals surface area contributed by atoms with Gasteiger partial charge in [0.2, 0.25) is 0 Å². The van der Waals surface area contributed by atoms with E-state index < -0.39 is 53.3 Å². The van der Waals surface area contributed by atoms with E-state index in [9.17, 15) is 41.7 Å². The van der Waals surface area contributed by atoms with Crippen LogP contribution in [0.2, 0.25) is 0 Å². The van der Waals surface area contributed by atoms with Gasteiger partial charge < -0.3 is 20.1 Å². The maximum absolute atomic E-state index is 12.7. The van der Waals surface area contributed by atoms with Gasteiger partial charge in [0, 0.05) is 0 Å². The molecule has 0 aromatic heterocycles. The van der Waals surface area contributed by atoms with Crippen LogP contribution in [0.3, 0.4) is 0 Å². The van der Waals surface area contributed by atoms with Gasteiger partial charge in [0.25, 0.3) is 0 Å². The molecule has 122 valence electrons. The van der Waals surface area contributed by atoms with E-state index in [0.717, 1.165) is 0 Å². The highest BCUT2D eigenvalue weighted by atomic mass is 32.2. The van der Waals surface area contributed by atoms with E-state index in [-0.39, 0.29) is 11.8 Å². The number of aliphatic hydroxyl groups is 3. The molecule has 5 nitrogen and oxygen atoms in total. The number of hydrogen-bond acceptors (Lipinski definition) is 6. The molecule has 1 fully saturated rings. The van der Waals surface area contributed by atoms with Gasteiger partial charge in [-0.25, -0.2) is 0 Å². The highest BCUT2D eigenvalue weighted by Gasteiger charge is 2.75. The standard InChI is InChI=1S/C9H9F6NO4S/c10-8(11,12)7(19,9(13,14)15)6-16-3-4(18)2(17)1-20-5(3)21-6/h2-5,17-19H,1H2. The maximum atomic E-state index is 12.7. The van der Waals surface area contributed by atoms with Crippen LogP contribution in [0.4, 0.5) is 26.3 Å². The van der Waals surface area contributed by atoms with Crippen LogP contribution in [0.1, 0.15) is 0 Å². The molecule has 0 bridgehead atoms. The zero-order valence-corrected chi connectivity index (χ0v) is 10.7. The van der Waals surface area contributed by atoms with Gasteiger partial charge >= 0.3 is 18.0 Å². The van der Waals surface area contributed by atoms with Crippen molar-refractivity contribution >= 4 is 16.8 Å². The number of rotatable bonds is 1. The summed E-state index contributed by atoms with van der Waals surface area (Å²) in [6.45, 7) is -0.464. The third kappa shape index (κ3) is 2.52. The predicted octanol–water partition coefficient (Wildman–Crippen LogP) is 0.434. The third-order valence-electron chi connectivity index (χ3n) is 3.08. The van der Waals surface area contributed by atoms with Crippen molar-refractivity contribution in [3.8, 4) is 0 Å². The molecular weight excluding hydrogens is 332 g/mol. The van der Waals surface area contributed by atoms with E-state index in [1.807, 2.05) is 0 Å². The smallest absolute Gasteiger partial charge is 0.388 e. The highest BCUT2D eigenvalue weighted by molar-refractivity contribution is 8.14. The zero-order chi connectivity index (χ0) is 16.2. The van der Waals surface area contributed by atoms with Gasteiger partial charge in [0.15, 0.2) is 0 Å². The molecule has 0 spiro atoms. The Morgan fingerprint density at radius 1 is 1.10 bits per heavy atom. The summed E-state index contributed by atoms with van der Waals surface area (Å²) in [4.78, 5) is 3.10. The summed E-state index contributed by atoms with van der Waals surface area (Å²) >= 11 is -0.0723. The van der Waals surface area contributed by atoms with Gasteiger partial charge in [-0.15, -0.1) is 0 Å². The van der Waals surface area contributed by atoms with Crippen molar-refractivity contribution in [2.75, 3.05) is 6.61 Å². The lowest BCUT2D eigenvalue weighted by Crippen LogP contribution is -2.61.